The zero-order valence-electron chi connectivity index (χ0n) is 19.0. The number of halogens is 1. The van der Waals surface area contributed by atoms with Crippen molar-refractivity contribution in [1.82, 2.24) is 0 Å². The van der Waals surface area contributed by atoms with Gasteiger partial charge in [-0.05, 0) is 55.0 Å². The molecule has 3 aromatic rings. The highest BCUT2D eigenvalue weighted by Gasteiger charge is 2.47. The Kier molecular flexibility index (Phi) is 7.02. The van der Waals surface area contributed by atoms with Crippen molar-refractivity contribution in [3.63, 3.8) is 0 Å². The number of ether oxygens (including phenoxy) is 2. The molecule has 1 unspecified atom stereocenters. The van der Waals surface area contributed by atoms with Gasteiger partial charge in [0.2, 0.25) is 0 Å². The zero-order valence-corrected chi connectivity index (χ0v) is 20.6. The van der Waals surface area contributed by atoms with Crippen LogP contribution in [-0.2, 0) is 14.3 Å². The van der Waals surface area contributed by atoms with Crippen LogP contribution in [-0.4, -0.2) is 36.5 Å². The van der Waals surface area contributed by atoms with Crippen molar-refractivity contribution in [2.45, 2.75) is 13.0 Å². The molecule has 1 heterocycles. The third-order valence-electron chi connectivity index (χ3n) is 5.61. The first-order valence-electron chi connectivity index (χ1n) is 10.8. The van der Waals surface area contributed by atoms with E-state index in [0.29, 0.717) is 22.6 Å². The van der Waals surface area contributed by atoms with Crippen LogP contribution in [0.2, 0.25) is 0 Å². The molecule has 0 spiro atoms. The predicted molar refractivity (Wildman–Crippen MR) is 134 cm³/mol. The summed E-state index contributed by atoms with van der Waals surface area (Å²) in [6.07, 6.45) is 0. The van der Waals surface area contributed by atoms with Crippen LogP contribution >= 0.6 is 15.9 Å². The molecule has 1 aliphatic rings. The Bertz CT molecular complexity index is 1330. The lowest BCUT2D eigenvalue weighted by molar-refractivity contribution is -0.132. The van der Waals surface area contributed by atoms with Gasteiger partial charge in [0.1, 0.15) is 11.5 Å². The maximum absolute atomic E-state index is 13.3. The van der Waals surface area contributed by atoms with Gasteiger partial charge in [-0.2, -0.15) is 0 Å². The topological polar surface area (TPSA) is 93.1 Å². The lowest BCUT2D eigenvalue weighted by atomic mass is 9.95. The summed E-state index contributed by atoms with van der Waals surface area (Å²) >= 11 is 3.35. The van der Waals surface area contributed by atoms with Gasteiger partial charge < -0.3 is 14.6 Å². The summed E-state index contributed by atoms with van der Waals surface area (Å²) in [6.45, 7) is 1.90. The summed E-state index contributed by atoms with van der Waals surface area (Å²) < 4.78 is 11.2. The lowest BCUT2D eigenvalue weighted by Crippen LogP contribution is -2.29. The monoisotopic (exact) mass is 535 g/mol. The van der Waals surface area contributed by atoms with Crippen LogP contribution < -0.4 is 9.64 Å². The predicted octanol–water partition coefficient (Wildman–Crippen LogP) is 5.26. The number of amides is 1. The summed E-state index contributed by atoms with van der Waals surface area (Å²) in [5.74, 6) is -1.97. The zero-order chi connectivity index (χ0) is 25.1. The third-order valence-corrected chi connectivity index (χ3v) is 6.14. The molecule has 0 radical (unpaired) electrons. The number of benzene rings is 3. The van der Waals surface area contributed by atoms with Gasteiger partial charge in [-0.25, -0.2) is 4.79 Å². The lowest BCUT2D eigenvalue weighted by Gasteiger charge is -2.26. The molecule has 35 heavy (non-hydrogen) atoms. The normalized spacial score (nSPS) is 16.9. The van der Waals surface area contributed by atoms with E-state index in [9.17, 15) is 19.5 Å². The molecule has 1 saturated heterocycles. The van der Waals surface area contributed by atoms with E-state index >= 15 is 0 Å². The van der Waals surface area contributed by atoms with Crippen molar-refractivity contribution in [3.8, 4) is 5.75 Å². The number of carbonyl (C=O) groups is 3. The highest BCUT2D eigenvalue weighted by atomic mass is 79.9. The molecule has 0 bridgehead atoms. The van der Waals surface area contributed by atoms with Gasteiger partial charge in [-0.15, -0.1) is 0 Å². The van der Waals surface area contributed by atoms with Gasteiger partial charge in [-0.3, -0.25) is 14.5 Å². The fourth-order valence-electron chi connectivity index (χ4n) is 3.99. The Balaban J connectivity index is 1.92. The Labute approximate surface area is 210 Å². The van der Waals surface area contributed by atoms with Gasteiger partial charge in [0.05, 0.1) is 30.9 Å². The average Bonchev–Trinajstić information content (AvgIpc) is 3.14. The van der Waals surface area contributed by atoms with Gasteiger partial charge in [0, 0.05) is 15.7 Å². The number of ketones is 1. The van der Waals surface area contributed by atoms with E-state index in [1.54, 1.807) is 73.7 Å². The van der Waals surface area contributed by atoms with Crippen LogP contribution in [0.5, 0.6) is 5.75 Å². The number of carbonyl (C=O) groups excluding carboxylic acids is 3. The summed E-state index contributed by atoms with van der Waals surface area (Å²) in [5, 5.41) is 11.2. The van der Waals surface area contributed by atoms with Gasteiger partial charge in [0.15, 0.2) is 0 Å². The molecule has 0 aliphatic carbocycles. The second-order valence-electron chi connectivity index (χ2n) is 7.72. The molecule has 0 saturated carbocycles. The van der Waals surface area contributed by atoms with Crippen molar-refractivity contribution in [2.24, 2.45) is 0 Å². The highest BCUT2D eigenvalue weighted by Crippen LogP contribution is 2.43. The molecule has 8 heteroatoms. The van der Waals surface area contributed by atoms with Crippen molar-refractivity contribution in [2.75, 3.05) is 18.6 Å². The molecule has 1 N–H and O–H groups in total. The summed E-state index contributed by atoms with van der Waals surface area (Å²) in [4.78, 5) is 40.2. The Morgan fingerprint density at radius 2 is 1.71 bits per heavy atom. The largest absolute Gasteiger partial charge is 0.507 e. The number of rotatable bonds is 6. The van der Waals surface area contributed by atoms with Crippen molar-refractivity contribution in [1.29, 1.82) is 0 Å². The second-order valence-corrected chi connectivity index (χ2v) is 8.64. The fourth-order valence-corrected chi connectivity index (χ4v) is 4.25. The second kappa shape index (κ2) is 10.1. The number of methoxy groups -OCH3 is 1. The standard InChI is InChI=1S/C27H22BrNO6/c1-3-35-27(33)18-7-4-8-20(14-18)29-23(17-6-5-9-21(15-17)34-2)22(25(31)26(29)32)24(30)16-10-12-19(28)13-11-16/h4-15,23,30H,3H2,1-2H3/b24-22+. The number of hydrogen-bond donors (Lipinski definition) is 1. The Morgan fingerprint density at radius 3 is 2.40 bits per heavy atom. The number of aliphatic hydroxyl groups excluding tert-OH is 1. The van der Waals surface area contributed by atoms with Crippen LogP contribution in [0.3, 0.4) is 0 Å². The number of hydrogen-bond acceptors (Lipinski definition) is 6. The van der Waals surface area contributed by atoms with Crippen LogP contribution in [0.25, 0.3) is 5.76 Å². The first kappa shape index (κ1) is 24.2. The quantitative estimate of drug-likeness (QED) is 0.200. The molecular weight excluding hydrogens is 514 g/mol. The van der Waals surface area contributed by atoms with Crippen molar-refractivity contribution in [3.05, 3.63) is 99.5 Å². The van der Waals surface area contributed by atoms with Crippen LogP contribution in [0.4, 0.5) is 5.69 Å². The smallest absolute Gasteiger partial charge is 0.338 e. The minimum Gasteiger partial charge on any atom is -0.507 e. The molecule has 7 nitrogen and oxygen atoms in total. The van der Waals surface area contributed by atoms with E-state index in [0.717, 1.165) is 4.47 Å². The molecular formula is C27H22BrNO6. The molecule has 1 fully saturated rings. The first-order valence-corrected chi connectivity index (χ1v) is 11.6. The number of Topliss-reactive ketones (excluding diaryl/α,β-unsaturated/α-hetero) is 1. The Hall–Kier alpha value is -3.91. The van der Waals surface area contributed by atoms with E-state index in [1.807, 2.05) is 0 Å². The van der Waals surface area contributed by atoms with Crippen LogP contribution in [0.15, 0.2) is 82.8 Å². The molecule has 178 valence electrons. The van der Waals surface area contributed by atoms with Gasteiger partial charge >= 0.3 is 5.97 Å². The summed E-state index contributed by atoms with van der Waals surface area (Å²) in [6, 6.07) is 19.0. The number of aliphatic hydroxyl groups is 1. The molecule has 0 aromatic heterocycles. The minimum absolute atomic E-state index is 0.0629. The van der Waals surface area contributed by atoms with Gasteiger partial charge in [-0.1, -0.05) is 46.3 Å². The maximum atomic E-state index is 13.3. The van der Waals surface area contributed by atoms with E-state index in [-0.39, 0.29) is 23.5 Å². The van der Waals surface area contributed by atoms with E-state index in [4.69, 9.17) is 9.47 Å². The number of anilines is 1. The first-order chi connectivity index (χ1) is 16.8. The van der Waals surface area contributed by atoms with Crippen molar-refractivity contribution >= 4 is 45.0 Å². The minimum atomic E-state index is -0.953. The van der Waals surface area contributed by atoms with E-state index in [1.165, 1.54) is 18.1 Å². The van der Waals surface area contributed by atoms with Gasteiger partial charge in [0.25, 0.3) is 11.7 Å². The molecule has 1 amide bonds. The molecule has 1 aliphatic heterocycles. The Morgan fingerprint density at radius 1 is 1.00 bits per heavy atom. The summed E-state index contributed by atoms with van der Waals surface area (Å²) in [7, 11) is 1.51. The maximum Gasteiger partial charge on any atom is 0.338 e. The van der Waals surface area contributed by atoms with E-state index < -0.39 is 23.7 Å². The molecule has 3 aromatic carbocycles. The third kappa shape index (κ3) is 4.70. The number of nitrogens with zero attached hydrogens (tertiary/aromatic N) is 1. The summed E-state index contributed by atoms with van der Waals surface area (Å²) in [5.41, 5.74) is 1.44. The van der Waals surface area contributed by atoms with E-state index in [2.05, 4.69) is 15.9 Å². The van der Waals surface area contributed by atoms with Crippen molar-refractivity contribution < 1.29 is 29.0 Å². The average molecular weight is 536 g/mol. The SMILES string of the molecule is CCOC(=O)c1cccc(N2C(=O)C(=O)/C(=C(/O)c3ccc(Br)cc3)C2c2cccc(OC)c2)c1. The van der Waals surface area contributed by atoms with Crippen LogP contribution in [0.1, 0.15) is 34.5 Å². The highest BCUT2D eigenvalue weighted by molar-refractivity contribution is 9.10. The molecule has 1 atom stereocenters. The molecule has 4 rings (SSSR count). The fraction of sp³-hybridized carbons (Fsp3) is 0.148. The number of esters is 1. The van der Waals surface area contributed by atoms with Crippen LogP contribution in [0, 0.1) is 0 Å².